The highest BCUT2D eigenvalue weighted by Crippen LogP contribution is 2.30. The van der Waals surface area contributed by atoms with Gasteiger partial charge >= 0.3 is 5.97 Å². The zero-order chi connectivity index (χ0) is 20.1. The van der Waals surface area contributed by atoms with E-state index in [9.17, 15) is 9.59 Å². The number of para-hydroxylation sites is 1. The molecule has 4 nitrogen and oxygen atoms in total. The molecule has 1 aliphatic carbocycles. The monoisotopic (exact) mass is 399 g/mol. The summed E-state index contributed by atoms with van der Waals surface area (Å²) >= 11 is 1.52. The highest BCUT2D eigenvalue weighted by atomic mass is 32.1. The fourth-order valence-corrected chi connectivity index (χ4v) is 4.67. The van der Waals surface area contributed by atoms with Gasteiger partial charge < -0.3 is 10.1 Å². The molecule has 0 bridgehead atoms. The van der Waals surface area contributed by atoms with Gasteiger partial charge in [-0.25, -0.2) is 4.79 Å². The lowest BCUT2D eigenvalue weighted by Crippen LogP contribution is -2.30. The number of ether oxygens (including phenoxy) is 1. The van der Waals surface area contributed by atoms with Gasteiger partial charge in [0.15, 0.2) is 6.10 Å². The fraction of sp³-hybridized carbons (Fsp3) is 0.478. The Balaban J connectivity index is 1.64. The van der Waals surface area contributed by atoms with E-state index in [0.29, 0.717) is 10.8 Å². The smallest absolute Gasteiger partial charge is 0.349 e. The number of amides is 1. The van der Waals surface area contributed by atoms with Crippen LogP contribution in [0.15, 0.2) is 30.3 Å². The molecule has 2 aromatic rings. The lowest BCUT2D eigenvalue weighted by molar-refractivity contribution is -0.123. The molecule has 0 saturated heterocycles. The first-order valence-electron chi connectivity index (χ1n) is 10.2. The van der Waals surface area contributed by atoms with Crippen molar-refractivity contribution in [3.63, 3.8) is 0 Å². The molecule has 28 heavy (non-hydrogen) atoms. The van der Waals surface area contributed by atoms with Gasteiger partial charge in [-0.05, 0) is 68.2 Å². The molecule has 0 spiro atoms. The first kappa shape index (κ1) is 20.6. The van der Waals surface area contributed by atoms with Crippen molar-refractivity contribution in [2.24, 2.45) is 0 Å². The highest BCUT2D eigenvalue weighted by molar-refractivity contribution is 7.14. The van der Waals surface area contributed by atoms with Gasteiger partial charge in [-0.3, -0.25) is 4.79 Å². The number of aryl methyl sites for hydroxylation is 2. The van der Waals surface area contributed by atoms with E-state index in [1.165, 1.54) is 41.0 Å². The number of nitrogens with one attached hydrogen (secondary N) is 1. The molecule has 1 aromatic carbocycles. The molecule has 1 aromatic heterocycles. The summed E-state index contributed by atoms with van der Waals surface area (Å²) in [6.45, 7) is 5.88. The molecular weight excluding hydrogens is 370 g/mol. The summed E-state index contributed by atoms with van der Waals surface area (Å²) in [5.74, 6) is -0.367. The van der Waals surface area contributed by atoms with Gasteiger partial charge in [-0.15, -0.1) is 11.3 Å². The maximum atomic E-state index is 12.6. The molecule has 0 radical (unpaired) electrons. The Labute approximate surface area is 171 Å². The number of anilines is 1. The Bertz CT molecular complexity index is 819. The lowest BCUT2D eigenvalue weighted by atomic mass is 9.97. The maximum absolute atomic E-state index is 12.6. The van der Waals surface area contributed by atoms with Crippen molar-refractivity contribution in [1.82, 2.24) is 0 Å². The van der Waals surface area contributed by atoms with Gasteiger partial charge in [-0.1, -0.05) is 38.5 Å². The van der Waals surface area contributed by atoms with Gasteiger partial charge in [-0.2, -0.15) is 0 Å². The third-order valence-electron chi connectivity index (χ3n) is 5.46. The fourth-order valence-electron chi connectivity index (χ4n) is 3.54. The number of benzene rings is 1. The van der Waals surface area contributed by atoms with E-state index in [1.807, 2.05) is 30.3 Å². The third-order valence-corrected chi connectivity index (χ3v) is 6.68. The SMILES string of the molecule is CC[C@@H](C)c1ccccc1NC(=O)[C@H](C)OC(=O)c1cc2c(s1)CCCCC2. The van der Waals surface area contributed by atoms with Crippen LogP contribution < -0.4 is 5.32 Å². The summed E-state index contributed by atoms with van der Waals surface area (Å²) in [4.78, 5) is 27.0. The van der Waals surface area contributed by atoms with E-state index in [4.69, 9.17) is 4.74 Å². The molecule has 0 unspecified atom stereocenters. The molecule has 0 aliphatic heterocycles. The largest absolute Gasteiger partial charge is 0.448 e. The van der Waals surface area contributed by atoms with E-state index in [1.54, 1.807) is 6.92 Å². The Morgan fingerprint density at radius 1 is 1.14 bits per heavy atom. The maximum Gasteiger partial charge on any atom is 0.349 e. The van der Waals surface area contributed by atoms with Crippen LogP contribution in [0.25, 0.3) is 0 Å². The highest BCUT2D eigenvalue weighted by Gasteiger charge is 2.23. The van der Waals surface area contributed by atoms with Gasteiger partial charge in [0.1, 0.15) is 4.88 Å². The van der Waals surface area contributed by atoms with E-state index >= 15 is 0 Å². The van der Waals surface area contributed by atoms with Crippen molar-refractivity contribution in [2.45, 2.75) is 71.3 Å². The van der Waals surface area contributed by atoms with Crippen molar-refractivity contribution in [3.05, 3.63) is 51.2 Å². The first-order valence-corrected chi connectivity index (χ1v) is 11.0. The van der Waals surface area contributed by atoms with Gasteiger partial charge in [0.05, 0.1) is 0 Å². The zero-order valence-electron chi connectivity index (χ0n) is 16.9. The quantitative estimate of drug-likeness (QED) is 0.500. The van der Waals surface area contributed by atoms with Gasteiger partial charge in [0.2, 0.25) is 0 Å². The number of hydrogen-bond acceptors (Lipinski definition) is 4. The number of rotatable bonds is 6. The predicted octanol–water partition coefficient (Wildman–Crippen LogP) is 5.71. The van der Waals surface area contributed by atoms with Crippen LogP contribution in [-0.4, -0.2) is 18.0 Å². The Hall–Kier alpha value is -2.14. The number of thiophene rings is 1. The minimum atomic E-state index is -0.848. The molecule has 3 rings (SSSR count). The summed E-state index contributed by atoms with van der Waals surface area (Å²) in [6, 6.07) is 9.75. The van der Waals surface area contributed by atoms with E-state index in [2.05, 4.69) is 19.2 Å². The van der Waals surface area contributed by atoms with Crippen LogP contribution in [0.1, 0.15) is 78.0 Å². The molecule has 5 heteroatoms. The number of carbonyl (C=O) groups is 2. The summed E-state index contributed by atoms with van der Waals surface area (Å²) in [5.41, 5.74) is 3.15. The summed E-state index contributed by atoms with van der Waals surface area (Å²) in [7, 11) is 0. The molecular formula is C23H29NO3S. The predicted molar refractivity (Wildman–Crippen MR) is 114 cm³/mol. The van der Waals surface area contributed by atoms with Crippen LogP contribution in [0.3, 0.4) is 0 Å². The number of carbonyl (C=O) groups excluding carboxylic acids is 2. The van der Waals surface area contributed by atoms with Crippen LogP contribution in [-0.2, 0) is 22.4 Å². The van der Waals surface area contributed by atoms with Crippen molar-refractivity contribution in [2.75, 3.05) is 5.32 Å². The Kier molecular flexibility index (Phi) is 6.89. The minimum Gasteiger partial charge on any atom is -0.448 e. The van der Waals surface area contributed by atoms with Crippen LogP contribution >= 0.6 is 11.3 Å². The molecule has 1 N–H and O–H groups in total. The topological polar surface area (TPSA) is 55.4 Å². The van der Waals surface area contributed by atoms with Crippen LogP contribution in [0.5, 0.6) is 0 Å². The van der Waals surface area contributed by atoms with Crippen LogP contribution in [0.4, 0.5) is 5.69 Å². The molecule has 150 valence electrons. The van der Waals surface area contributed by atoms with Gasteiger partial charge in [0, 0.05) is 10.6 Å². The zero-order valence-corrected chi connectivity index (χ0v) is 17.7. The van der Waals surface area contributed by atoms with E-state index < -0.39 is 12.1 Å². The summed E-state index contributed by atoms with van der Waals surface area (Å²) in [5, 5.41) is 2.93. The molecule has 1 heterocycles. The molecule has 1 amide bonds. The van der Waals surface area contributed by atoms with E-state index in [-0.39, 0.29) is 5.91 Å². The number of fused-ring (bicyclic) bond motifs is 1. The average Bonchev–Trinajstić information content (AvgIpc) is 2.98. The second-order valence-corrected chi connectivity index (χ2v) is 8.69. The van der Waals surface area contributed by atoms with Crippen molar-refractivity contribution < 1.29 is 14.3 Å². The van der Waals surface area contributed by atoms with Crippen LogP contribution in [0.2, 0.25) is 0 Å². The standard InChI is InChI=1S/C23H29NO3S/c1-4-15(2)18-11-8-9-12-19(18)24-22(25)16(3)27-23(26)21-14-17-10-6-5-7-13-20(17)28-21/h8-9,11-12,14-16H,4-7,10,13H2,1-3H3,(H,24,25)/t15-,16+/m1/s1. The summed E-state index contributed by atoms with van der Waals surface area (Å²) < 4.78 is 5.47. The lowest BCUT2D eigenvalue weighted by Gasteiger charge is -2.18. The Morgan fingerprint density at radius 3 is 2.68 bits per heavy atom. The number of esters is 1. The van der Waals surface area contributed by atoms with Crippen molar-refractivity contribution in [1.29, 1.82) is 0 Å². The third kappa shape index (κ3) is 4.82. The second kappa shape index (κ2) is 9.37. The normalized spacial score (nSPS) is 15.8. The molecule has 0 saturated carbocycles. The van der Waals surface area contributed by atoms with Gasteiger partial charge in [0.25, 0.3) is 5.91 Å². The van der Waals surface area contributed by atoms with Crippen LogP contribution in [0, 0.1) is 0 Å². The Morgan fingerprint density at radius 2 is 1.89 bits per heavy atom. The number of hydrogen-bond donors (Lipinski definition) is 1. The van der Waals surface area contributed by atoms with E-state index in [0.717, 1.165) is 30.5 Å². The molecule has 1 aliphatic rings. The second-order valence-electron chi connectivity index (χ2n) is 7.55. The van der Waals surface area contributed by atoms with Crippen molar-refractivity contribution in [3.8, 4) is 0 Å². The summed E-state index contributed by atoms with van der Waals surface area (Å²) in [6.07, 6.45) is 5.80. The average molecular weight is 400 g/mol. The van der Waals surface area contributed by atoms with Crippen molar-refractivity contribution >= 4 is 28.9 Å². The molecule has 0 fully saturated rings. The molecule has 2 atom stereocenters. The minimum absolute atomic E-state index is 0.303. The first-order chi connectivity index (χ1) is 13.5.